The smallest absolute Gasteiger partial charge is 0.122 e. The van der Waals surface area contributed by atoms with Gasteiger partial charge in [0.05, 0.1) is 5.69 Å². The van der Waals surface area contributed by atoms with Crippen LogP contribution in [0.15, 0.2) is 34.8 Å². The van der Waals surface area contributed by atoms with Gasteiger partial charge in [0.25, 0.3) is 0 Å². The van der Waals surface area contributed by atoms with Crippen LogP contribution < -0.4 is 5.73 Å². The van der Waals surface area contributed by atoms with E-state index in [0.717, 1.165) is 15.9 Å². The fraction of sp³-hybridized carbons (Fsp3) is 0.154. The van der Waals surface area contributed by atoms with Crippen molar-refractivity contribution in [2.24, 2.45) is 14.1 Å². The van der Waals surface area contributed by atoms with Gasteiger partial charge in [0.1, 0.15) is 11.5 Å². The van der Waals surface area contributed by atoms with Crippen molar-refractivity contribution in [3.63, 3.8) is 0 Å². The van der Waals surface area contributed by atoms with E-state index in [2.05, 4.69) is 43.8 Å². The monoisotopic (exact) mass is 304 g/mol. The minimum Gasteiger partial charge on any atom is -0.384 e. The molecule has 4 nitrogen and oxygen atoms in total. The first kappa shape index (κ1) is 11.3. The van der Waals surface area contributed by atoms with Gasteiger partial charge in [-0.05, 0) is 24.3 Å². The van der Waals surface area contributed by atoms with Crippen molar-refractivity contribution in [1.82, 2.24) is 14.3 Å². The topological polar surface area (TPSA) is 48.8 Å². The summed E-state index contributed by atoms with van der Waals surface area (Å²) in [7, 11) is 3.88. The number of anilines is 1. The van der Waals surface area contributed by atoms with E-state index in [0.29, 0.717) is 5.82 Å². The molecule has 3 rings (SSSR count). The summed E-state index contributed by atoms with van der Waals surface area (Å²) in [6.07, 6.45) is 0. The molecule has 0 amide bonds. The first-order valence-electron chi connectivity index (χ1n) is 5.61. The Balaban J connectivity index is 2.26. The van der Waals surface area contributed by atoms with E-state index in [-0.39, 0.29) is 0 Å². The molecule has 5 heteroatoms. The summed E-state index contributed by atoms with van der Waals surface area (Å²) in [4.78, 5) is 0. The SMILES string of the molecule is Cn1nc(-c2cc3cc(Br)ccc3n2C)cc1N. The summed E-state index contributed by atoms with van der Waals surface area (Å²) < 4.78 is 4.89. The van der Waals surface area contributed by atoms with Gasteiger partial charge in [0.2, 0.25) is 0 Å². The van der Waals surface area contributed by atoms with Crippen molar-refractivity contribution >= 4 is 32.7 Å². The molecule has 0 bridgehead atoms. The molecule has 0 unspecified atom stereocenters. The highest BCUT2D eigenvalue weighted by atomic mass is 79.9. The Hall–Kier alpha value is -1.75. The summed E-state index contributed by atoms with van der Waals surface area (Å²) in [5, 5.41) is 5.60. The van der Waals surface area contributed by atoms with Crippen LogP contribution in [0.2, 0.25) is 0 Å². The third-order valence-corrected chi connectivity index (χ3v) is 3.68. The molecule has 0 aliphatic heterocycles. The van der Waals surface area contributed by atoms with Crippen molar-refractivity contribution in [1.29, 1.82) is 0 Å². The van der Waals surface area contributed by atoms with Gasteiger partial charge in [0.15, 0.2) is 0 Å². The molecule has 0 fully saturated rings. The molecule has 92 valence electrons. The van der Waals surface area contributed by atoms with Gasteiger partial charge >= 0.3 is 0 Å². The molecule has 0 saturated heterocycles. The van der Waals surface area contributed by atoms with Crippen LogP contribution >= 0.6 is 15.9 Å². The maximum Gasteiger partial charge on any atom is 0.122 e. The highest BCUT2D eigenvalue weighted by Crippen LogP contribution is 2.29. The van der Waals surface area contributed by atoms with Crippen molar-refractivity contribution in [2.45, 2.75) is 0 Å². The summed E-state index contributed by atoms with van der Waals surface area (Å²) in [5.74, 6) is 0.663. The molecule has 3 aromatic rings. The van der Waals surface area contributed by atoms with Crippen molar-refractivity contribution < 1.29 is 0 Å². The number of nitrogens with zero attached hydrogens (tertiary/aromatic N) is 3. The molecule has 0 saturated carbocycles. The second-order valence-corrected chi connectivity index (χ2v) is 5.29. The number of fused-ring (bicyclic) bond motifs is 1. The van der Waals surface area contributed by atoms with Gasteiger partial charge in [-0.2, -0.15) is 5.10 Å². The molecular weight excluding hydrogens is 292 g/mol. The van der Waals surface area contributed by atoms with Crippen molar-refractivity contribution in [3.05, 3.63) is 34.8 Å². The Bertz CT molecular complexity index is 719. The summed E-state index contributed by atoms with van der Waals surface area (Å²) in [5.41, 5.74) is 8.97. The fourth-order valence-electron chi connectivity index (χ4n) is 2.17. The van der Waals surface area contributed by atoms with E-state index in [4.69, 9.17) is 5.73 Å². The lowest BCUT2D eigenvalue weighted by Gasteiger charge is -2.00. The zero-order chi connectivity index (χ0) is 12.9. The third-order valence-electron chi connectivity index (χ3n) is 3.18. The van der Waals surface area contributed by atoms with Gasteiger partial charge in [0, 0.05) is 35.5 Å². The molecular formula is C13H13BrN4. The minimum atomic E-state index is 0.663. The number of benzene rings is 1. The number of rotatable bonds is 1. The maximum absolute atomic E-state index is 5.83. The largest absolute Gasteiger partial charge is 0.384 e. The molecule has 0 aliphatic carbocycles. The Kier molecular flexibility index (Phi) is 2.45. The number of nitrogen functional groups attached to an aromatic ring is 1. The quantitative estimate of drug-likeness (QED) is 0.751. The summed E-state index contributed by atoms with van der Waals surface area (Å²) >= 11 is 3.49. The lowest BCUT2D eigenvalue weighted by molar-refractivity contribution is 0.779. The average Bonchev–Trinajstić information content (AvgIpc) is 2.81. The highest BCUT2D eigenvalue weighted by molar-refractivity contribution is 9.10. The van der Waals surface area contributed by atoms with Gasteiger partial charge in [-0.1, -0.05) is 15.9 Å². The van der Waals surface area contributed by atoms with Crippen LogP contribution in [0, 0.1) is 0 Å². The van der Waals surface area contributed by atoms with Gasteiger partial charge < -0.3 is 10.3 Å². The Morgan fingerprint density at radius 3 is 2.61 bits per heavy atom. The Morgan fingerprint density at radius 2 is 1.94 bits per heavy atom. The first-order valence-corrected chi connectivity index (χ1v) is 6.40. The predicted octanol–water partition coefficient (Wildman–Crippen LogP) is 2.92. The molecule has 2 aromatic heterocycles. The minimum absolute atomic E-state index is 0.663. The number of aryl methyl sites for hydroxylation is 2. The second kappa shape index (κ2) is 3.88. The van der Waals surface area contributed by atoms with E-state index in [1.54, 1.807) is 4.68 Å². The Morgan fingerprint density at radius 1 is 1.17 bits per heavy atom. The zero-order valence-electron chi connectivity index (χ0n) is 10.2. The molecule has 18 heavy (non-hydrogen) atoms. The molecule has 0 atom stereocenters. The van der Waals surface area contributed by atoms with Gasteiger partial charge in [-0.25, -0.2) is 0 Å². The first-order chi connectivity index (χ1) is 8.56. The van der Waals surface area contributed by atoms with E-state index < -0.39 is 0 Å². The molecule has 0 aliphatic rings. The zero-order valence-corrected chi connectivity index (χ0v) is 11.8. The van der Waals surface area contributed by atoms with Crippen LogP contribution in [-0.2, 0) is 14.1 Å². The van der Waals surface area contributed by atoms with Crippen LogP contribution in [0.3, 0.4) is 0 Å². The van der Waals surface area contributed by atoms with Gasteiger partial charge in [-0.15, -0.1) is 0 Å². The van der Waals surface area contributed by atoms with Crippen molar-refractivity contribution in [3.8, 4) is 11.4 Å². The third kappa shape index (κ3) is 1.62. The lowest BCUT2D eigenvalue weighted by Crippen LogP contribution is -1.97. The number of hydrogen-bond acceptors (Lipinski definition) is 2. The standard InChI is InChI=1S/C13H13BrN4/c1-17-11-4-3-9(14)5-8(11)6-12(17)10-7-13(15)18(2)16-10/h3-7H,15H2,1-2H3. The van der Waals surface area contributed by atoms with Crippen LogP contribution in [0.4, 0.5) is 5.82 Å². The lowest BCUT2D eigenvalue weighted by atomic mass is 10.2. The van der Waals surface area contributed by atoms with Crippen molar-refractivity contribution in [2.75, 3.05) is 5.73 Å². The maximum atomic E-state index is 5.83. The second-order valence-electron chi connectivity index (χ2n) is 4.37. The van der Waals surface area contributed by atoms with E-state index in [1.165, 1.54) is 10.9 Å². The molecule has 2 N–H and O–H groups in total. The number of hydrogen-bond donors (Lipinski definition) is 1. The van der Waals surface area contributed by atoms with Crippen LogP contribution in [0.1, 0.15) is 0 Å². The summed E-state index contributed by atoms with van der Waals surface area (Å²) in [6.45, 7) is 0. The number of aromatic nitrogens is 3. The van der Waals surface area contributed by atoms with E-state index in [9.17, 15) is 0 Å². The van der Waals surface area contributed by atoms with E-state index >= 15 is 0 Å². The summed E-state index contributed by atoms with van der Waals surface area (Å²) in [6, 6.07) is 10.3. The average molecular weight is 305 g/mol. The Labute approximate surface area is 113 Å². The molecule has 0 spiro atoms. The van der Waals surface area contributed by atoms with Gasteiger partial charge in [-0.3, -0.25) is 4.68 Å². The number of halogens is 1. The molecule has 2 heterocycles. The van der Waals surface area contributed by atoms with Crippen LogP contribution in [0.5, 0.6) is 0 Å². The number of nitrogens with two attached hydrogens (primary N) is 1. The van der Waals surface area contributed by atoms with Crippen LogP contribution in [-0.4, -0.2) is 14.3 Å². The molecule has 0 radical (unpaired) electrons. The van der Waals surface area contributed by atoms with E-state index in [1.807, 2.05) is 26.2 Å². The normalized spacial score (nSPS) is 11.3. The fourth-order valence-corrected chi connectivity index (χ4v) is 2.55. The highest BCUT2D eigenvalue weighted by Gasteiger charge is 2.11. The molecule has 1 aromatic carbocycles. The van der Waals surface area contributed by atoms with Crippen LogP contribution in [0.25, 0.3) is 22.3 Å². The predicted molar refractivity (Wildman–Crippen MR) is 77.2 cm³/mol.